The summed E-state index contributed by atoms with van der Waals surface area (Å²) in [5.74, 6) is -0.992. The third-order valence-corrected chi connectivity index (χ3v) is 4.94. The Kier molecular flexibility index (Phi) is 3.37. The molecule has 3 aromatic rings. The number of fused-ring (bicyclic) bond motifs is 1. The zero-order valence-electron chi connectivity index (χ0n) is 10.4. The predicted octanol–water partition coefficient (Wildman–Crippen LogP) is 3.24. The summed E-state index contributed by atoms with van der Waals surface area (Å²) < 4.78 is 0.956. The van der Waals surface area contributed by atoms with Crippen LogP contribution in [0, 0.1) is 6.92 Å². The normalized spacial score (nSPS) is 10.8. The van der Waals surface area contributed by atoms with Crippen LogP contribution in [-0.2, 0) is 0 Å². The van der Waals surface area contributed by atoms with Gasteiger partial charge < -0.3 is 5.11 Å². The van der Waals surface area contributed by atoms with Crippen LogP contribution >= 0.6 is 23.1 Å². The standard InChI is InChI=1S/C13H9N3O2S2/c1-7-5-19-10-9(7)15-6-16-12(10)20-11-8(13(17)18)3-2-4-14-11/h2-6H,1H3,(H,17,18). The number of aromatic nitrogens is 3. The van der Waals surface area contributed by atoms with Crippen molar-refractivity contribution in [3.8, 4) is 0 Å². The van der Waals surface area contributed by atoms with Crippen LogP contribution in [-0.4, -0.2) is 26.0 Å². The highest BCUT2D eigenvalue weighted by atomic mass is 32.2. The smallest absolute Gasteiger partial charge is 0.338 e. The molecule has 0 radical (unpaired) electrons. The minimum Gasteiger partial charge on any atom is -0.478 e. The van der Waals surface area contributed by atoms with E-state index in [0.717, 1.165) is 20.8 Å². The molecule has 3 rings (SSSR count). The maximum Gasteiger partial charge on any atom is 0.338 e. The van der Waals surface area contributed by atoms with Crippen LogP contribution in [0.3, 0.4) is 0 Å². The fourth-order valence-electron chi connectivity index (χ4n) is 1.75. The molecule has 0 saturated heterocycles. The molecule has 20 heavy (non-hydrogen) atoms. The molecular weight excluding hydrogens is 294 g/mol. The number of hydrogen-bond donors (Lipinski definition) is 1. The molecule has 0 amide bonds. The molecule has 0 aliphatic rings. The molecule has 0 aliphatic heterocycles. The number of nitrogens with zero attached hydrogens (tertiary/aromatic N) is 3. The SMILES string of the molecule is Cc1csc2c(Sc3ncccc3C(=O)O)ncnc12. The quantitative estimate of drug-likeness (QED) is 0.749. The van der Waals surface area contributed by atoms with Crippen molar-refractivity contribution in [1.82, 2.24) is 15.0 Å². The number of hydrogen-bond acceptors (Lipinski definition) is 6. The van der Waals surface area contributed by atoms with Gasteiger partial charge in [-0.3, -0.25) is 0 Å². The molecule has 1 N–H and O–H groups in total. The largest absolute Gasteiger partial charge is 0.478 e. The fourth-order valence-corrected chi connectivity index (χ4v) is 3.75. The minimum absolute atomic E-state index is 0.178. The highest BCUT2D eigenvalue weighted by Crippen LogP contribution is 2.35. The van der Waals surface area contributed by atoms with Gasteiger partial charge in [-0.1, -0.05) is 0 Å². The number of rotatable bonds is 3. The number of carboxylic acid groups (broad SMARTS) is 1. The maximum absolute atomic E-state index is 11.2. The number of aryl methyl sites for hydroxylation is 1. The second-order valence-corrected chi connectivity index (χ2v) is 5.90. The van der Waals surface area contributed by atoms with Gasteiger partial charge >= 0.3 is 5.97 Å². The zero-order chi connectivity index (χ0) is 14.1. The van der Waals surface area contributed by atoms with Gasteiger partial charge in [-0.25, -0.2) is 19.7 Å². The molecule has 5 nitrogen and oxygen atoms in total. The van der Waals surface area contributed by atoms with Crippen LogP contribution < -0.4 is 0 Å². The molecule has 0 fully saturated rings. The monoisotopic (exact) mass is 303 g/mol. The van der Waals surface area contributed by atoms with Crippen LogP contribution in [0.4, 0.5) is 0 Å². The molecule has 3 aromatic heterocycles. The Morgan fingerprint density at radius 3 is 2.95 bits per heavy atom. The summed E-state index contributed by atoms with van der Waals surface area (Å²) in [5.41, 5.74) is 2.17. The first kappa shape index (κ1) is 13.0. The molecule has 0 aromatic carbocycles. The van der Waals surface area contributed by atoms with E-state index in [0.29, 0.717) is 5.03 Å². The number of carboxylic acids is 1. The van der Waals surface area contributed by atoms with Crippen molar-refractivity contribution in [2.75, 3.05) is 0 Å². The Morgan fingerprint density at radius 2 is 2.15 bits per heavy atom. The lowest BCUT2D eigenvalue weighted by molar-refractivity contribution is 0.0692. The zero-order valence-corrected chi connectivity index (χ0v) is 12.0. The Labute approximate surface area is 122 Å². The van der Waals surface area contributed by atoms with Crippen molar-refractivity contribution in [1.29, 1.82) is 0 Å². The van der Waals surface area contributed by atoms with Crippen molar-refractivity contribution in [3.63, 3.8) is 0 Å². The van der Waals surface area contributed by atoms with E-state index in [9.17, 15) is 9.90 Å². The molecule has 0 saturated carbocycles. The molecular formula is C13H9N3O2S2. The summed E-state index contributed by atoms with van der Waals surface area (Å²) in [6.07, 6.45) is 3.07. The van der Waals surface area contributed by atoms with Gasteiger partial charge in [0.2, 0.25) is 0 Å². The number of thiophene rings is 1. The third-order valence-electron chi connectivity index (χ3n) is 2.69. The summed E-state index contributed by atoms with van der Waals surface area (Å²) in [6.45, 7) is 1.99. The molecule has 0 unspecified atom stereocenters. The van der Waals surface area contributed by atoms with Gasteiger partial charge in [0.05, 0.1) is 15.8 Å². The van der Waals surface area contributed by atoms with Crippen LogP contribution in [0.1, 0.15) is 15.9 Å². The summed E-state index contributed by atoms with van der Waals surface area (Å²) >= 11 is 2.81. The van der Waals surface area contributed by atoms with E-state index in [4.69, 9.17) is 0 Å². The highest BCUT2D eigenvalue weighted by Gasteiger charge is 2.15. The number of pyridine rings is 1. The minimum atomic E-state index is -0.992. The molecule has 3 heterocycles. The Balaban J connectivity index is 2.08. The average molecular weight is 303 g/mol. The summed E-state index contributed by atoms with van der Waals surface area (Å²) in [7, 11) is 0. The molecule has 100 valence electrons. The number of carbonyl (C=O) groups is 1. The topological polar surface area (TPSA) is 76.0 Å². The first-order valence-corrected chi connectivity index (χ1v) is 7.41. The van der Waals surface area contributed by atoms with E-state index >= 15 is 0 Å². The van der Waals surface area contributed by atoms with Crippen molar-refractivity contribution >= 4 is 39.3 Å². The number of aromatic carboxylic acids is 1. The lowest BCUT2D eigenvalue weighted by Gasteiger charge is -2.04. The third kappa shape index (κ3) is 2.25. The molecule has 7 heteroatoms. The van der Waals surface area contributed by atoms with E-state index in [-0.39, 0.29) is 5.56 Å². The highest BCUT2D eigenvalue weighted by molar-refractivity contribution is 7.99. The summed E-state index contributed by atoms with van der Waals surface area (Å²) in [6, 6.07) is 3.15. The van der Waals surface area contributed by atoms with Crippen LogP contribution in [0.15, 0.2) is 40.1 Å². The van der Waals surface area contributed by atoms with Gasteiger partial charge in [-0.05, 0) is 41.8 Å². The molecule has 0 atom stereocenters. The Morgan fingerprint density at radius 1 is 1.30 bits per heavy atom. The van der Waals surface area contributed by atoms with E-state index in [1.165, 1.54) is 24.2 Å². The Bertz CT molecular complexity index is 801. The maximum atomic E-state index is 11.2. The lowest BCUT2D eigenvalue weighted by Crippen LogP contribution is -2.00. The van der Waals surface area contributed by atoms with E-state index in [1.54, 1.807) is 23.6 Å². The van der Waals surface area contributed by atoms with Crippen LogP contribution in [0.5, 0.6) is 0 Å². The molecule has 0 aliphatic carbocycles. The Hall–Kier alpha value is -1.99. The van der Waals surface area contributed by atoms with E-state index in [2.05, 4.69) is 15.0 Å². The lowest BCUT2D eigenvalue weighted by atomic mass is 10.3. The van der Waals surface area contributed by atoms with Crippen LogP contribution in [0.25, 0.3) is 10.2 Å². The van der Waals surface area contributed by atoms with Gasteiger partial charge in [0.25, 0.3) is 0 Å². The first-order valence-electron chi connectivity index (χ1n) is 5.72. The second kappa shape index (κ2) is 5.18. The van der Waals surface area contributed by atoms with Gasteiger partial charge in [0, 0.05) is 6.20 Å². The van der Waals surface area contributed by atoms with E-state index < -0.39 is 5.97 Å². The predicted molar refractivity (Wildman–Crippen MR) is 77.5 cm³/mol. The van der Waals surface area contributed by atoms with Gasteiger partial charge in [-0.15, -0.1) is 11.3 Å². The van der Waals surface area contributed by atoms with Crippen molar-refractivity contribution in [2.24, 2.45) is 0 Å². The van der Waals surface area contributed by atoms with Crippen molar-refractivity contribution in [3.05, 3.63) is 41.2 Å². The fraction of sp³-hybridized carbons (Fsp3) is 0.0769. The van der Waals surface area contributed by atoms with E-state index in [1.807, 2.05) is 12.3 Å². The van der Waals surface area contributed by atoms with Crippen LogP contribution in [0.2, 0.25) is 0 Å². The van der Waals surface area contributed by atoms with Crippen molar-refractivity contribution < 1.29 is 9.90 Å². The molecule has 0 bridgehead atoms. The van der Waals surface area contributed by atoms with Gasteiger partial charge in [0.1, 0.15) is 16.4 Å². The van der Waals surface area contributed by atoms with Gasteiger partial charge in [0.15, 0.2) is 0 Å². The van der Waals surface area contributed by atoms with Crippen molar-refractivity contribution in [2.45, 2.75) is 17.0 Å². The first-order chi connectivity index (χ1) is 9.66. The second-order valence-electron chi connectivity index (χ2n) is 4.04. The molecule has 0 spiro atoms. The van der Waals surface area contributed by atoms with Gasteiger partial charge in [-0.2, -0.15) is 0 Å². The average Bonchev–Trinajstić information content (AvgIpc) is 2.82. The summed E-state index contributed by atoms with van der Waals surface area (Å²) in [5, 5.41) is 12.4. The summed E-state index contributed by atoms with van der Waals surface area (Å²) in [4.78, 5) is 23.8.